The average molecular weight is 408 g/mol. The third-order valence-electron chi connectivity index (χ3n) is 6.59. The van der Waals surface area contributed by atoms with E-state index < -0.39 is 0 Å². The second-order valence-corrected chi connectivity index (χ2v) is 9.02. The smallest absolute Gasteiger partial charge is 0.0851 e. The lowest BCUT2D eigenvalue weighted by molar-refractivity contribution is 0.395. The molecule has 4 aliphatic rings. The van der Waals surface area contributed by atoms with Gasteiger partial charge in [-0.3, -0.25) is 0 Å². The van der Waals surface area contributed by atoms with Gasteiger partial charge in [-0.05, 0) is 40.5 Å². The molecule has 0 N–H and O–H groups in total. The maximum Gasteiger partial charge on any atom is 0.0851 e. The minimum Gasteiger partial charge on any atom is -0.373 e. The molecule has 4 heterocycles. The van der Waals surface area contributed by atoms with E-state index in [1.165, 1.54) is 33.6 Å². The first-order chi connectivity index (χ1) is 14.7. The minimum atomic E-state index is 0.342. The predicted octanol–water partition coefficient (Wildman–Crippen LogP) is 3.22. The van der Waals surface area contributed by atoms with Crippen LogP contribution in [-0.2, 0) is 44.6 Å². The highest BCUT2D eigenvalue weighted by atomic mass is 16.6. The summed E-state index contributed by atoms with van der Waals surface area (Å²) >= 11 is 0. The number of hydrogen-bond donors (Lipinski definition) is 0. The van der Waals surface area contributed by atoms with Gasteiger partial charge in [-0.15, -0.1) is 0 Å². The molecular formula is C25H29NO4. The molecule has 5 nitrogen and oxygen atoms in total. The Balaban J connectivity index is 1.48. The van der Waals surface area contributed by atoms with Crippen LogP contribution in [0.2, 0.25) is 0 Å². The van der Waals surface area contributed by atoms with Crippen LogP contribution in [0.15, 0.2) is 36.4 Å². The fourth-order valence-electron chi connectivity index (χ4n) is 4.54. The van der Waals surface area contributed by atoms with Crippen molar-refractivity contribution < 1.29 is 18.9 Å². The minimum absolute atomic E-state index is 0.342. The normalized spacial score (nSPS) is 28.3. The number of hydrogen-bond acceptors (Lipinski definition) is 5. The van der Waals surface area contributed by atoms with Gasteiger partial charge in [-0.1, -0.05) is 18.2 Å². The molecule has 0 aliphatic carbocycles. The van der Waals surface area contributed by atoms with Crippen LogP contribution in [0.25, 0.3) is 0 Å². The van der Waals surface area contributed by atoms with E-state index in [2.05, 4.69) is 48.3 Å². The first kappa shape index (κ1) is 18.8. The maximum atomic E-state index is 5.68. The summed E-state index contributed by atoms with van der Waals surface area (Å²) in [5.74, 6) is 0. The summed E-state index contributed by atoms with van der Waals surface area (Å²) in [6.07, 6.45) is 5.35. The summed E-state index contributed by atoms with van der Waals surface area (Å²) in [7, 11) is 2.18. The second kappa shape index (κ2) is 7.65. The van der Waals surface area contributed by atoms with Crippen molar-refractivity contribution >= 4 is 11.4 Å². The summed E-state index contributed by atoms with van der Waals surface area (Å²) in [5.41, 5.74) is 8.29. The molecule has 0 radical (unpaired) electrons. The van der Waals surface area contributed by atoms with Crippen LogP contribution in [0.5, 0.6) is 0 Å². The predicted molar refractivity (Wildman–Crippen MR) is 115 cm³/mol. The van der Waals surface area contributed by atoms with Crippen LogP contribution in [-0.4, -0.2) is 57.9 Å². The van der Waals surface area contributed by atoms with Crippen LogP contribution >= 0.6 is 0 Å². The van der Waals surface area contributed by atoms with Gasteiger partial charge in [-0.2, -0.15) is 0 Å². The zero-order valence-corrected chi connectivity index (χ0v) is 17.5. The van der Waals surface area contributed by atoms with Crippen molar-refractivity contribution in [3.05, 3.63) is 58.7 Å². The fourth-order valence-corrected chi connectivity index (χ4v) is 4.54. The Morgan fingerprint density at radius 3 is 1.77 bits per heavy atom. The molecule has 4 atom stereocenters. The van der Waals surface area contributed by atoms with Gasteiger partial charge >= 0.3 is 0 Å². The molecule has 5 heteroatoms. The molecule has 2 aromatic carbocycles. The number of rotatable bonds is 10. The third-order valence-corrected chi connectivity index (χ3v) is 6.59. The SMILES string of the molecule is CN(c1ccccc1)c1cc(CC2CO2)c(CC2CO2)c(CC2CO2)c1CC1CO1. The molecule has 2 aromatic rings. The summed E-state index contributed by atoms with van der Waals surface area (Å²) in [4.78, 5) is 2.34. The highest BCUT2D eigenvalue weighted by Gasteiger charge is 2.35. The Labute approximate surface area is 177 Å². The van der Waals surface area contributed by atoms with E-state index in [-0.39, 0.29) is 0 Å². The molecule has 0 aromatic heterocycles. The van der Waals surface area contributed by atoms with Gasteiger partial charge in [0.15, 0.2) is 0 Å². The van der Waals surface area contributed by atoms with Gasteiger partial charge in [0, 0.05) is 44.1 Å². The van der Waals surface area contributed by atoms with Crippen LogP contribution in [0.1, 0.15) is 22.3 Å². The molecule has 158 valence electrons. The number of benzene rings is 2. The van der Waals surface area contributed by atoms with E-state index in [0.717, 1.165) is 52.1 Å². The lowest BCUT2D eigenvalue weighted by Gasteiger charge is -2.28. The van der Waals surface area contributed by atoms with Crippen molar-refractivity contribution in [2.24, 2.45) is 0 Å². The monoisotopic (exact) mass is 407 g/mol. The molecule has 6 rings (SSSR count). The maximum absolute atomic E-state index is 5.68. The van der Waals surface area contributed by atoms with Crippen LogP contribution in [0, 0.1) is 0 Å². The molecule has 0 spiro atoms. The molecule has 4 fully saturated rings. The third kappa shape index (κ3) is 4.26. The van der Waals surface area contributed by atoms with Crippen molar-refractivity contribution in [1.82, 2.24) is 0 Å². The van der Waals surface area contributed by atoms with E-state index in [0.29, 0.717) is 24.4 Å². The zero-order valence-electron chi connectivity index (χ0n) is 17.5. The number of para-hydroxylation sites is 1. The quantitative estimate of drug-likeness (QED) is 0.566. The lowest BCUT2D eigenvalue weighted by atomic mass is 9.85. The van der Waals surface area contributed by atoms with Crippen molar-refractivity contribution in [3.8, 4) is 0 Å². The van der Waals surface area contributed by atoms with Gasteiger partial charge in [0.2, 0.25) is 0 Å². The van der Waals surface area contributed by atoms with E-state index in [1.54, 1.807) is 0 Å². The molecule has 4 unspecified atom stereocenters. The Morgan fingerprint density at radius 1 is 0.700 bits per heavy atom. The molecule has 0 saturated carbocycles. The van der Waals surface area contributed by atoms with Gasteiger partial charge < -0.3 is 23.8 Å². The number of anilines is 2. The summed E-state index contributed by atoms with van der Waals surface area (Å²) in [6.45, 7) is 3.50. The molecule has 0 amide bonds. The topological polar surface area (TPSA) is 53.4 Å². The highest BCUT2D eigenvalue weighted by Crippen LogP contribution is 2.40. The number of ether oxygens (including phenoxy) is 4. The van der Waals surface area contributed by atoms with E-state index in [1.807, 2.05) is 0 Å². The summed E-state index contributed by atoms with van der Waals surface area (Å²) < 4.78 is 22.6. The van der Waals surface area contributed by atoms with Gasteiger partial charge in [-0.25, -0.2) is 0 Å². The molecule has 4 aliphatic heterocycles. The van der Waals surface area contributed by atoms with E-state index >= 15 is 0 Å². The Bertz CT molecular complexity index is 914. The first-order valence-electron chi connectivity index (χ1n) is 11.2. The van der Waals surface area contributed by atoms with Crippen molar-refractivity contribution in [2.45, 2.75) is 50.1 Å². The summed E-state index contributed by atoms with van der Waals surface area (Å²) in [6, 6.07) is 13.0. The molecular weight excluding hydrogens is 378 g/mol. The first-order valence-corrected chi connectivity index (χ1v) is 11.2. The molecule has 4 saturated heterocycles. The zero-order chi connectivity index (χ0) is 20.1. The lowest BCUT2D eigenvalue weighted by Crippen LogP contribution is -2.19. The van der Waals surface area contributed by atoms with E-state index in [4.69, 9.17) is 18.9 Å². The highest BCUT2D eigenvalue weighted by molar-refractivity contribution is 5.70. The van der Waals surface area contributed by atoms with Crippen LogP contribution in [0.3, 0.4) is 0 Å². The van der Waals surface area contributed by atoms with Crippen LogP contribution < -0.4 is 4.90 Å². The van der Waals surface area contributed by atoms with Gasteiger partial charge in [0.1, 0.15) is 0 Å². The molecule has 30 heavy (non-hydrogen) atoms. The standard InChI is InChI=1S/C25H29NO4/c1-26(17-5-3-2-4-6-17)25-8-16(7-18-12-27-18)22(9-19-13-28-19)23(10-20-14-29-20)24(25)11-21-15-30-21/h2-6,8,18-21H,7,9-15H2,1H3. The fraction of sp³-hybridized carbons (Fsp3) is 0.520. The molecule has 0 bridgehead atoms. The van der Waals surface area contributed by atoms with E-state index in [9.17, 15) is 0 Å². The van der Waals surface area contributed by atoms with Gasteiger partial charge in [0.25, 0.3) is 0 Å². The Kier molecular flexibility index (Phi) is 4.80. The Hall–Kier alpha value is -1.92. The second-order valence-electron chi connectivity index (χ2n) is 9.02. The Morgan fingerprint density at radius 2 is 1.20 bits per heavy atom. The van der Waals surface area contributed by atoms with Crippen LogP contribution in [0.4, 0.5) is 11.4 Å². The average Bonchev–Trinajstić information content (AvgIpc) is 3.59. The number of epoxide rings is 4. The van der Waals surface area contributed by atoms with Crippen molar-refractivity contribution in [2.75, 3.05) is 38.4 Å². The number of nitrogens with zero attached hydrogens (tertiary/aromatic N) is 1. The largest absolute Gasteiger partial charge is 0.373 e. The summed E-state index contributed by atoms with van der Waals surface area (Å²) in [5, 5.41) is 0. The van der Waals surface area contributed by atoms with Crippen molar-refractivity contribution in [1.29, 1.82) is 0 Å². The van der Waals surface area contributed by atoms with Gasteiger partial charge in [0.05, 0.1) is 50.8 Å². The van der Waals surface area contributed by atoms with Crippen molar-refractivity contribution in [3.63, 3.8) is 0 Å².